The van der Waals surface area contributed by atoms with Crippen LogP contribution in [0.1, 0.15) is 58.2 Å². The molecule has 1 saturated heterocycles. The van der Waals surface area contributed by atoms with Gasteiger partial charge in [0.1, 0.15) is 23.9 Å². The Labute approximate surface area is 341 Å². The maximum atomic E-state index is 14.5. The molecule has 0 saturated carbocycles. The van der Waals surface area contributed by atoms with Crippen LogP contribution in [0.3, 0.4) is 0 Å². The van der Waals surface area contributed by atoms with E-state index in [1.807, 2.05) is 12.1 Å². The Morgan fingerprint density at radius 3 is 0.966 bits per heavy atom. The molecule has 1 aliphatic heterocycles. The third-order valence-corrected chi connectivity index (χ3v) is 10.4. The van der Waals surface area contributed by atoms with E-state index in [0.717, 1.165) is 4.90 Å². The highest BCUT2D eigenvalue weighted by atomic mass is 16.6. The fraction of sp³-hybridized carbons (Fsp3) is 0.467. The molecule has 0 aliphatic carbocycles. The molecule has 312 valence electrons. The highest BCUT2D eigenvalue weighted by molar-refractivity contribution is 5.94. The van der Waals surface area contributed by atoms with Gasteiger partial charge in [-0.25, -0.2) is 14.4 Å². The van der Waals surface area contributed by atoms with Crippen molar-refractivity contribution >= 4 is 35.6 Å². The Morgan fingerprint density at radius 2 is 0.707 bits per heavy atom. The van der Waals surface area contributed by atoms with Gasteiger partial charge in [0.2, 0.25) is 0 Å². The summed E-state index contributed by atoms with van der Waals surface area (Å²) in [5.41, 5.74) is 1.97. The number of hydrogen-bond acceptors (Lipinski definition) is 10. The summed E-state index contributed by atoms with van der Waals surface area (Å²) in [6, 6.07) is 20.2. The van der Waals surface area contributed by atoms with Crippen molar-refractivity contribution in [2.24, 2.45) is 17.8 Å². The maximum Gasteiger partial charge on any atom is 0.329 e. The molecule has 13 nitrogen and oxygen atoms in total. The molecule has 0 spiro atoms. The Morgan fingerprint density at radius 1 is 0.448 bits per heavy atom. The van der Waals surface area contributed by atoms with Gasteiger partial charge in [-0.1, -0.05) is 114 Å². The zero-order chi connectivity index (χ0) is 42.8. The van der Waals surface area contributed by atoms with Gasteiger partial charge in [0, 0.05) is 40.4 Å². The molecule has 3 aromatic carbocycles. The number of ether oxygens (including phenoxy) is 3. The Balaban J connectivity index is 1.89. The zero-order valence-electron chi connectivity index (χ0n) is 34.9. The van der Waals surface area contributed by atoms with Crippen molar-refractivity contribution in [1.82, 2.24) is 14.7 Å². The summed E-state index contributed by atoms with van der Waals surface area (Å²) in [6.45, 7) is 10.2. The van der Waals surface area contributed by atoms with Crippen LogP contribution in [-0.2, 0) is 62.2 Å². The fourth-order valence-electron chi connectivity index (χ4n) is 6.75. The molecule has 13 heteroatoms. The predicted molar refractivity (Wildman–Crippen MR) is 216 cm³/mol. The summed E-state index contributed by atoms with van der Waals surface area (Å²) in [7, 11) is 4.23. The third kappa shape index (κ3) is 11.2. The second-order valence-electron chi connectivity index (χ2n) is 15.9. The number of esters is 3. The second-order valence-corrected chi connectivity index (χ2v) is 15.9. The molecule has 3 aromatic rings. The molecule has 1 aliphatic rings. The van der Waals surface area contributed by atoms with Gasteiger partial charge in [0.15, 0.2) is 18.3 Å². The molecule has 1 fully saturated rings. The van der Waals surface area contributed by atoms with Crippen molar-refractivity contribution in [3.05, 3.63) is 102 Å². The van der Waals surface area contributed by atoms with Crippen molar-refractivity contribution in [2.75, 3.05) is 21.1 Å². The minimum absolute atomic E-state index is 0.00226. The van der Waals surface area contributed by atoms with Crippen molar-refractivity contribution in [3.63, 3.8) is 0 Å². The lowest BCUT2D eigenvalue weighted by molar-refractivity contribution is -0.179. The molecule has 4 rings (SSSR count). The highest BCUT2D eigenvalue weighted by Crippen LogP contribution is 2.24. The first-order chi connectivity index (χ1) is 27.4. The molecule has 3 amide bonds. The number of phenols is 1. The first kappa shape index (κ1) is 45.0. The van der Waals surface area contributed by atoms with Crippen LogP contribution in [0.15, 0.2) is 84.9 Å². The maximum absolute atomic E-state index is 14.5. The average Bonchev–Trinajstić information content (AvgIpc) is 3.20. The summed E-state index contributed by atoms with van der Waals surface area (Å²) in [4.78, 5) is 89.9. The van der Waals surface area contributed by atoms with E-state index in [2.05, 4.69) is 0 Å². The smallest absolute Gasteiger partial charge is 0.329 e. The molecule has 1 heterocycles. The number of aromatic hydroxyl groups is 1. The molecule has 0 radical (unpaired) electrons. The van der Waals surface area contributed by atoms with Gasteiger partial charge in [-0.2, -0.15) is 0 Å². The van der Waals surface area contributed by atoms with Gasteiger partial charge in [-0.3, -0.25) is 14.4 Å². The molecule has 0 aromatic heterocycles. The lowest BCUT2D eigenvalue weighted by Crippen LogP contribution is -2.56. The van der Waals surface area contributed by atoms with Crippen LogP contribution in [0.4, 0.5) is 0 Å². The van der Waals surface area contributed by atoms with E-state index in [-0.39, 0.29) is 25.0 Å². The molecule has 1 N–H and O–H groups in total. The number of cyclic esters (lactones) is 3. The van der Waals surface area contributed by atoms with Crippen LogP contribution in [0.2, 0.25) is 0 Å². The van der Waals surface area contributed by atoms with E-state index >= 15 is 0 Å². The van der Waals surface area contributed by atoms with Crippen LogP contribution in [0.5, 0.6) is 5.75 Å². The molecule has 58 heavy (non-hydrogen) atoms. The molecular formula is C45H57N3O10. The monoisotopic (exact) mass is 799 g/mol. The van der Waals surface area contributed by atoms with Gasteiger partial charge in [-0.15, -0.1) is 0 Å². The molecule has 6 atom stereocenters. The topological polar surface area (TPSA) is 160 Å². The number of rotatable bonds is 9. The first-order valence-corrected chi connectivity index (χ1v) is 19.7. The van der Waals surface area contributed by atoms with Crippen LogP contribution < -0.4 is 0 Å². The standard InChI is InChI=1S/C45H57N3O10/c1-27(2)37-40(50)46(7)35(25-31-18-14-11-15-19-31)44(54)57-39(29(5)6)42(52)48(9)36(26-32-20-22-33(49)23-21-32)45(55)58-38(28(3)4)41(51)47(8)34(43(53)56-37)24-30-16-12-10-13-17-30/h10-23,27-29,34-39,49H,24-26H2,1-9H3/t34-,35-,36-,37+,38+,39+/m1/s1. The quantitative estimate of drug-likeness (QED) is 0.239. The first-order valence-electron chi connectivity index (χ1n) is 19.7. The number of amides is 3. The van der Waals surface area contributed by atoms with E-state index in [4.69, 9.17) is 14.2 Å². The van der Waals surface area contributed by atoms with Crippen LogP contribution in [0, 0.1) is 17.8 Å². The number of carbonyl (C=O) groups is 6. The number of carbonyl (C=O) groups excluding carboxylic acids is 6. The van der Waals surface area contributed by atoms with Crippen LogP contribution >= 0.6 is 0 Å². The number of hydrogen-bond donors (Lipinski definition) is 1. The lowest BCUT2D eigenvalue weighted by Gasteiger charge is -2.37. The van der Waals surface area contributed by atoms with E-state index < -0.39 is 89.8 Å². The fourth-order valence-corrected chi connectivity index (χ4v) is 6.75. The van der Waals surface area contributed by atoms with Gasteiger partial charge < -0.3 is 34.0 Å². The average molecular weight is 800 g/mol. The van der Waals surface area contributed by atoms with E-state index in [0.29, 0.717) is 16.7 Å². The van der Waals surface area contributed by atoms with Gasteiger partial charge in [-0.05, 0) is 46.6 Å². The molecule has 0 unspecified atom stereocenters. The predicted octanol–water partition coefficient (Wildman–Crippen LogP) is 4.62. The summed E-state index contributed by atoms with van der Waals surface area (Å²) < 4.78 is 18.0. The van der Waals surface area contributed by atoms with Gasteiger partial charge >= 0.3 is 17.9 Å². The molecular weight excluding hydrogens is 743 g/mol. The van der Waals surface area contributed by atoms with Crippen molar-refractivity contribution < 1.29 is 48.1 Å². The number of likely N-dealkylation sites (N-methyl/N-ethyl adjacent to an activating group) is 3. The lowest BCUT2D eigenvalue weighted by atomic mass is 9.99. The number of benzene rings is 3. The van der Waals surface area contributed by atoms with Crippen molar-refractivity contribution in [3.8, 4) is 5.75 Å². The van der Waals surface area contributed by atoms with E-state index in [1.165, 1.54) is 43.1 Å². The Hall–Kier alpha value is -5.72. The van der Waals surface area contributed by atoms with Crippen LogP contribution in [0.25, 0.3) is 0 Å². The highest BCUT2D eigenvalue weighted by Gasteiger charge is 2.44. The van der Waals surface area contributed by atoms with Gasteiger partial charge in [0.05, 0.1) is 0 Å². The largest absolute Gasteiger partial charge is 0.508 e. The molecule has 0 bridgehead atoms. The summed E-state index contributed by atoms with van der Waals surface area (Å²) in [5.74, 6) is -6.47. The summed E-state index contributed by atoms with van der Waals surface area (Å²) >= 11 is 0. The Kier molecular flexibility index (Phi) is 15.6. The normalized spacial score (nSPS) is 23.5. The second kappa shape index (κ2) is 20.1. The Bertz CT molecular complexity index is 1840. The van der Waals surface area contributed by atoms with Crippen molar-refractivity contribution in [1.29, 1.82) is 0 Å². The van der Waals surface area contributed by atoms with E-state index in [9.17, 15) is 33.9 Å². The SMILES string of the molecule is CC(C)[C@@H]1OC(=O)[C@@H](Cc2ccc(O)cc2)N(C)C(=O)[C@H](C(C)C)OC(=O)[C@@H](Cc2ccccc2)N(C)C(=O)[C@H](C(C)C)OC(=O)[C@@H](Cc2ccccc2)N(C)C1=O. The van der Waals surface area contributed by atoms with E-state index in [1.54, 1.807) is 102 Å². The minimum Gasteiger partial charge on any atom is -0.508 e. The summed E-state index contributed by atoms with van der Waals surface area (Å²) in [5, 5.41) is 9.94. The minimum atomic E-state index is -1.40. The van der Waals surface area contributed by atoms with Crippen LogP contribution in [-0.4, -0.2) is 113 Å². The van der Waals surface area contributed by atoms with Crippen molar-refractivity contribution in [2.45, 2.75) is 97.2 Å². The number of nitrogens with zero attached hydrogens (tertiary/aromatic N) is 3. The number of phenolic OH excluding ortho intramolecular Hbond substituents is 1. The summed E-state index contributed by atoms with van der Waals surface area (Å²) in [6.07, 6.45) is -4.25. The van der Waals surface area contributed by atoms with Gasteiger partial charge in [0.25, 0.3) is 17.7 Å². The third-order valence-electron chi connectivity index (χ3n) is 10.4. The zero-order valence-corrected chi connectivity index (χ0v) is 34.9.